The lowest BCUT2D eigenvalue weighted by Crippen LogP contribution is -2.48. The zero-order chi connectivity index (χ0) is 17.9. The summed E-state index contributed by atoms with van der Waals surface area (Å²) in [5, 5.41) is 2.53. The van der Waals surface area contributed by atoms with Gasteiger partial charge in [-0.3, -0.25) is 14.5 Å². The second-order valence-electron chi connectivity index (χ2n) is 5.96. The number of rotatable bonds is 6. The molecule has 1 aromatic carbocycles. The summed E-state index contributed by atoms with van der Waals surface area (Å²) in [7, 11) is 2.98. The maximum Gasteiger partial charge on any atom is 0.325 e. The van der Waals surface area contributed by atoms with E-state index in [1.54, 1.807) is 26.1 Å². The van der Waals surface area contributed by atoms with Gasteiger partial charge in [0.2, 0.25) is 5.91 Å². The highest BCUT2D eigenvalue weighted by molar-refractivity contribution is 6.08. The number of urea groups is 1. The lowest BCUT2D eigenvalue weighted by molar-refractivity contribution is -0.139. The standard InChI is InChI=1S/C16H20FN3O4/c1-16(10-24-3)14(22)20(15(23)18-16)9-13(21)19(2)8-11-4-6-12(17)7-5-11/h4-7H,8-10H2,1-3H3,(H,18,23)/t16-/m0/s1. The first-order valence-electron chi connectivity index (χ1n) is 7.38. The van der Waals surface area contributed by atoms with Crippen molar-refractivity contribution in [2.45, 2.75) is 19.0 Å². The van der Waals surface area contributed by atoms with Gasteiger partial charge >= 0.3 is 6.03 Å². The smallest absolute Gasteiger partial charge is 0.325 e. The van der Waals surface area contributed by atoms with Gasteiger partial charge in [-0.15, -0.1) is 0 Å². The maximum atomic E-state index is 12.9. The summed E-state index contributed by atoms with van der Waals surface area (Å²) >= 11 is 0. The van der Waals surface area contributed by atoms with Crippen LogP contribution in [0, 0.1) is 5.82 Å². The van der Waals surface area contributed by atoms with Gasteiger partial charge < -0.3 is 15.0 Å². The number of ether oxygens (including phenoxy) is 1. The van der Waals surface area contributed by atoms with Crippen LogP contribution in [-0.4, -0.2) is 60.5 Å². The molecule has 24 heavy (non-hydrogen) atoms. The number of nitrogens with one attached hydrogen (secondary N) is 1. The van der Waals surface area contributed by atoms with E-state index < -0.39 is 23.4 Å². The molecule has 0 spiro atoms. The maximum absolute atomic E-state index is 12.9. The van der Waals surface area contributed by atoms with Crippen LogP contribution >= 0.6 is 0 Å². The lowest BCUT2D eigenvalue weighted by Gasteiger charge is -2.22. The molecule has 1 aliphatic rings. The van der Waals surface area contributed by atoms with E-state index in [0.29, 0.717) is 0 Å². The molecule has 1 heterocycles. The molecule has 2 rings (SSSR count). The van der Waals surface area contributed by atoms with Crippen LogP contribution in [-0.2, 0) is 20.9 Å². The van der Waals surface area contributed by atoms with E-state index in [1.807, 2.05) is 0 Å². The molecule has 0 unspecified atom stereocenters. The first-order chi connectivity index (χ1) is 11.3. The van der Waals surface area contributed by atoms with Gasteiger partial charge in [-0.1, -0.05) is 12.1 Å². The summed E-state index contributed by atoms with van der Waals surface area (Å²) < 4.78 is 17.8. The molecular formula is C16H20FN3O4. The fraction of sp³-hybridized carbons (Fsp3) is 0.438. The lowest BCUT2D eigenvalue weighted by atomic mass is 10.0. The summed E-state index contributed by atoms with van der Waals surface area (Å²) in [6.45, 7) is 1.46. The number of carbonyl (C=O) groups is 3. The van der Waals surface area contributed by atoms with Crippen molar-refractivity contribution in [2.24, 2.45) is 0 Å². The third kappa shape index (κ3) is 3.70. The molecule has 1 fully saturated rings. The molecule has 1 saturated heterocycles. The van der Waals surface area contributed by atoms with Crippen LogP contribution in [0.1, 0.15) is 12.5 Å². The minimum absolute atomic E-state index is 0.0215. The molecule has 130 valence electrons. The number of likely N-dealkylation sites (N-methyl/N-ethyl adjacent to an activating group) is 1. The number of amides is 4. The number of methoxy groups -OCH3 is 1. The number of hydrogen-bond donors (Lipinski definition) is 1. The monoisotopic (exact) mass is 337 g/mol. The second-order valence-corrected chi connectivity index (χ2v) is 5.96. The predicted molar refractivity (Wildman–Crippen MR) is 83.4 cm³/mol. The Morgan fingerprint density at radius 3 is 2.54 bits per heavy atom. The third-order valence-electron chi connectivity index (χ3n) is 3.83. The summed E-state index contributed by atoms with van der Waals surface area (Å²) in [4.78, 5) is 38.8. The number of nitrogens with zero attached hydrogens (tertiary/aromatic N) is 2. The Kier molecular flexibility index (Phi) is 5.18. The van der Waals surface area contributed by atoms with Crippen LogP contribution in [0.4, 0.5) is 9.18 Å². The number of benzene rings is 1. The summed E-state index contributed by atoms with van der Waals surface area (Å²) in [5.74, 6) is -1.26. The van der Waals surface area contributed by atoms with E-state index in [-0.39, 0.29) is 25.5 Å². The minimum Gasteiger partial charge on any atom is -0.382 e. The Bertz CT molecular complexity index is 649. The number of hydrogen-bond acceptors (Lipinski definition) is 4. The van der Waals surface area contributed by atoms with Crippen molar-refractivity contribution in [1.82, 2.24) is 15.1 Å². The van der Waals surface area contributed by atoms with Gasteiger partial charge in [0.25, 0.3) is 5.91 Å². The van der Waals surface area contributed by atoms with Crippen LogP contribution in [0.3, 0.4) is 0 Å². The van der Waals surface area contributed by atoms with Crippen molar-refractivity contribution in [3.05, 3.63) is 35.6 Å². The van der Waals surface area contributed by atoms with Crippen LogP contribution in [0.15, 0.2) is 24.3 Å². The van der Waals surface area contributed by atoms with Gasteiger partial charge in [0.1, 0.15) is 17.9 Å². The number of imide groups is 1. The highest BCUT2D eigenvalue weighted by atomic mass is 19.1. The number of halogens is 1. The van der Waals surface area contributed by atoms with Crippen LogP contribution in [0.25, 0.3) is 0 Å². The van der Waals surface area contributed by atoms with Crippen molar-refractivity contribution in [3.63, 3.8) is 0 Å². The Morgan fingerprint density at radius 2 is 1.96 bits per heavy atom. The highest BCUT2D eigenvalue weighted by Gasteiger charge is 2.48. The zero-order valence-electron chi connectivity index (χ0n) is 13.8. The molecule has 1 atom stereocenters. The van der Waals surface area contributed by atoms with Crippen LogP contribution < -0.4 is 5.32 Å². The highest BCUT2D eigenvalue weighted by Crippen LogP contribution is 2.18. The first kappa shape index (κ1) is 17.9. The molecule has 0 bridgehead atoms. The first-order valence-corrected chi connectivity index (χ1v) is 7.38. The van der Waals surface area contributed by atoms with Crippen molar-refractivity contribution >= 4 is 17.8 Å². The average molecular weight is 337 g/mol. The predicted octanol–water partition coefficient (Wildman–Crippen LogP) is 0.741. The SMILES string of the molecule is COC[C@]1(C)NC(=O)N(CC(=O)N(C)Cc2ccc(F)cc2)C1=O. The van der Waals surface area contributed by atoms with Crippen molar-refractivity contribution in [3.8, 4) is 0 Å². The van der Waals surface area contributed by atoms with E-state index >= 15 is 0 Å². The molecule has 0 aliphatic carbocycles. The summed E-state index contributed by atoms with van der Waals surface area (Å²) in [6.07, 6.45) is 0. The molecule has 1 aliphatic heterocycles. The molecule has 8 heteroatoms. The van der Waals surface area contributed by atoms with E-state index in [2.05, 4.69) is 5.32 Å². The Balaban J connectivity index is 1.99. The largest absolute Gasteiger partial charge is 0.382 e. The van der Waals surface area contributed by atoms with Gasteiger partial charge in [-0.2, -0.15) is 0 Å². The normalized spacial score (nSPS) is 20.2. The third-order valence-corrected chi connectivity index (χ3v) is 3.83. The Hall–Kier alpha value is -2.48. The van der Waals surface area contributed by atoms with E-state index in [1.165, 1.54) is 24.1 Å². The quantitative estimate of drug-likeness (QED) is 0.777. The van der Waals surface area contributed by atoms with Gasteiger partial charge in [0, 0.05) is 20.7 Å². The molecule has 4 amide bonds. The van der Waals surface area contributed by atoms with Crippen molar-refractivity contribution in [1.29, 1.82) is 0 Å². The molecular weight excluding hydrogens is 317 g/mol. The van der Waals surface area contributed by atoms with Crippen LogP contribution in [0.5, 0.6) is 0 Å². The fourth-order valence-electron chi connectivity index (χ4n) is 2.48. The zero-order valence-corrected chi connectivity index (χ0v) is 13.8. The average Bonchev–Trinajstić information content (AvgIpc) is 2.73. The molecule has 1 N–H and O–H groups in total. The number of carbonyl (C=O) groups excluding carboxylic acids is 3. The van der Waals surface area contributed by atoms with Gasteiger partial charge in [0.05, 0.1) is 6.61 Å². The fourth-order valence-corrected chi connectivity index (χ4v) is 2.48. The molecule has 1 aromatic rings. The Morgan fingerprint density at radius 1 is 1.33 bits per heavy atom. The topological polar surface area (TPSA) is 79.0 Å². The minimum atomic E-state index is -1.17. The molecule has 7 nitrogen and oxygen atoms in total. The molecule has 0 saturated carbocycles. The van der Waals surface area contributed by atoms with Gasteiger partial charge in [-0.05, 0) is 24.6 Å². The summed E-state index contributed by atoms with van der Waals surface area (Å²) in [5.41, 5.74) is -0.421. The van der Waals surface area contributed by atoms with Gasteiger partial charge in [0.15, 0.2) is 0 Å². The van der Waals surface area contributed by atoms with E-state index in [9.17, 15) is 18.8 Å². The van der Waals surface area contributed by atoms with Gasteiger partial charge in [-0.25, -0.2) is 9.18 Å². The van der Waals surface area contributed by atoms with Crippen molar-refractivity contribution in [2.75, 3.05) is 27.3 Å². The van der Waals surface area contributed by atoms with Crippen molar-refractivity contribution < 1.29 is 23.5 Å². The Labute approximate surface area is 139 Å². The summed E-state index contributed by atoms with van der Waals surface area (Å²) in [6, 6.07) is 5.14. The van der Waals surface area contributed by atoms with E-state index in [0.717, 1.165) is 10.5 Å². The van der Waals surface area contributed by atoms with E-state index in [4.69, 9.17) is 4.74 Å². The second kappa shape index (κ2) is 6.96. The van der Waals surface area contributed by atoms with Crippen LogP contribution in [0.2, 0.25) is 0 Å². The molecule has 0 radical (unpaired) electrons. The molecule has 0 aromatic heterocycles.